The third-order valence-corrected chi connectivity index (χ3v) is 6.69. The predicted octanol–water partition coefficient (Wildman–Crippen LogP) is 2.73. The van der Waals surface area contributed by atoms with E-state index in [9.17, 15) is 14.4 Å². The number of nitrogens with zero attached hydrogens (tertiary/aromatic N) is 5. The smallest absolute Gasteiger partial charge is 0.258 e. The number of hydrogen-bond donors (Lipinski definition) is 2. The molecule has 0 spiro atoms. The highest BCUT2D eigenvalue weighted by Gasteiger charge is 2.22. The van der Waals surface area contributed by atoms with Crippen LogP contribution in [0.4, 0.5) is 5.13 Å². The summed E-state index contributed by atoms with van der Waals surface area (Å²) in [5.74, 6) is 5.92. The molecular formula is C25H20ClN7O4S. The van der Waals surface area contributed by atoms with Crippen LogP contribution in [0.25, 0.3) is 21.6 Å². The topological polar surface area (TPSA) is 141 Å². The molecule has 2 N–H and O–H groups in total. The fourth-order valence-corrected chi connectivity index (χ4v) is 4.48. The SMILES string of the molecule is CNC(=O)Cn1cc(-c2cc(Cl)ncc2OC)c(C(=O)Nc2nc3ncc(C#CC4CC4)nc3s2)cc1=O. The van der Waals surface area contributed by atoms with Crippen molar-refractivity contribution in [3.8, 4) is 28.7 Å². The molecular weight excluding hydrogens is 530 g/mol. The van der Waals surface area contributed by atoms with Crippen molar-refractivity contribution in [3.05, 3.63) is 57.5 Å². The van der Waals surface area contributed by atoms with Gasteiger partial charge < -0.3 is 14.6 Å². The van der Waals surface area contributed by atoms with Crippen molar-refractivity contribution in [2.45, 2.75) is 19.4 Å². The highest BCUT2D eigenvalue weighted by Crippen LogP contribution is 2.34. The molecule has 1 aliphatic carbocycles. The van der Waals surface area contributed by atoms with Crippen molar-refractivity contribution in [2.75, 3.05) is 19.5 Å². The van der Waals surface area contributed by atoms with E-state index in [0.717, 1.165) is 30.2 Å². The van der Waals surface area contributed by atoms with Gasteiger partial charge in [-0.3, -0.25) is 19.7 Å². The lowest BCUT2D eigenvalue weighted by molar-refractivity contribution is -0.121. The maximum atomic E-state index is 13.4. The average Bonchev–Trinajstić information content (AvgIpc) is 3.66. The van der Waals surface area contributed by atoms with E-state index in [4.69, 9.17) is 16.3 Å². The molecule has 0 atom stereocenters. The van der Waals surface area contributed by atoms with Gasteiger partial charge in [-0.25, -0.2) is 15.0 Å². The molecule has 4 aromatic heterocycles. The van der Waals surface area contributed by atoms with E-state index in [-0.39, 0.29) is 28.3 Å². The third kappa shape index (κ3) is 5.49. The predicted molar refractivity (Wildman–Crippen MR) is 142 cm³/mol. The molecule has 1 fully saturated rings. The number of fused-ring (bicyclic) bond motifs is 1. The molecule has 0 aliphatic heterocycles. The molecule has 0 aromatic carbocycles. The van der Waals surface area contributed by atoms with Gasteiger partial charge in [-0.2, -0.15) is 4.98 Å². The molecule has 38 heavy (non-hydrogen) atoms. The van der Waals surface area contributed by atoms with E-state index in [1.54, 1.807) is 6.20 Å². The van der Waals surface area contributed by atoms with Gasteiger partial charge in [0.1, 0.15) is 23.1 Å². The van der Waals surface area contributed by atoms with Crippen LogP contribution in [-0.2, 0) is 11.3 Å². The second-order valence-corrected chi connectivity index (χ2v) is 9.71. The van der Waals surface area contributed by atoms with Crippen LogP contribution in [-0.4, -0.2) is 50.5 Å². The molecule has 13 heteroatoms. The van der Waals surface area contributed by atoms with E-state index in [1.807, 2.05) is 0 Å². The Bertz CT molecular complexity index is 1700. The van der Waals surface area contributed by atoms with Crippen LogP contribution in [0.2, 0.25) is 5.15 Å². The standard InChI is InChI=1S/C25H20ClN7O4S/c1-27-20(34)12-33-11-17(15-7-19(26)28-10-18(15)37-2)16(8-21(33)35)23(36)32-25-31-22-24(38-25)30-14(9-29-22)6-5-13-3-4-13/h7-11,13H,3-4,12H2,1-2H3,(H,27,34)(H,29,31,32,36). The Hall–Kier alpha value is -4.34. The molecule has 192 valence electrons. The zero-order valence-corrected chi connectivity index (χ0v) is 21.8. The normalized spacial score (nSPS) is 12.5. The minimum atomic E-state index is -0.605. The van der Waals surface area contributed by atoms with Crippen molar-refractivity contribution in [2.24, 2.45) is 5.92 Å². The lowest BCUT2D eigenvalue weighted by atomic mass is 10.0. The van der Waals surface area contributed by atoms with Crippen molar-refractivity contribution in [1.82, 2.24) is 29.8 Å². The summed E-state index contributed by atoms with van der Waals surface area (Å²) in [4.78, 5) is 55.9. The molecule has 0 bridgehead atoms. The summed E-state index contributed by atoms with van der Waals surface area (Å²) in [6, 6.07) is 2.66. The summed E-state index contributed by atoms with van der Waals surface area (Å²) in [5.41, 5.74) is 1.10. The monoisotopic (exact) mass is 549 g/mol. The molecule has 0 saturated heterocycles. The number of hydrogen-bond acceptors (Lipinski definition) is 9. The number of carbonyl (C=O) groups excluding carboxylic acids is 2. The number of thiazole rings is 1. The summed E-state index contributed by atoms with van der Waals surface area (Å²) < 4.78 is 6.60. The van der Waals surface area contributed by atoms with Crippen molar-refractivity contribution >= 4 is 50.4 Å². The number of pyridine rings is 2. The van der Waals surface area contributed by atoms with Crippen molar-refractivity contribution in [1.29, 1.82) is 0 Å². The number of methoxy groups -OCH3 is 1. The molecule has 5 rings (SSSR count). The number of halogens is 1. The third-order valence-electron chi connectivity index (χ3n) is 5.63. The molecule has 0 unspecified atom stereocenters. The maximum absolute atomic E-state index is 13.4. The molecule has 11 nitrogen and oxygen atoms in total. The number of anilines is 1. The Balaban J connectivity index is 1.52. The molecule has 1 saturated carbocycles. The Morgan fingerprint density at radius 3 is 2.76 bits per heavy atom. The summed E-state index contributed by atoms with van der Waals surface area (Å²) in [6.45, 7) is -0.244. The molecule has 0 radical (unpaired) electrons. The number of likely N-dealkylation sites (N-methyl/N-ethyl adjacent to an activating group) is 1. The molecule has 4 heterocycles. The van der Waals surface area contributed by atoms with Gasteiger partial charge in [-0.15, -0.1) is 0 Å². The highest BCUT2D eigenvalue weighted by atomic mass is 35.5. The minimum absolute atomic E-state index is 0.0277. The fraction of sp³-hybridized carbons (Fsp3) is 0.240. The van der Waals surface area contributed by atoms with Crippen LogP contribution < -0.4 is 20.9 Å². The van der Waals surface area contributed by atoms with E-state index in [1.165, 1.54) is 37.2 Å². The van der Waals surface area contributed by atoms with Crippen molar-refractivity contribution in [3.63, 3.8) is 0 Å². The summed E-state index contributed by atoms with van der Waals surface area (Å²) in [6.07, 6.45) is 6.58. The Morgan fingerprint density at radius 2 is 2.03 bits per heavy atom. The van der Waals surface area contributed by atoms with Gasteiger partial charge in [0.15, 0.2) is 15.6 Å². The van der Waals surface area contributed by atoms with Crippen LogP contribution in [0.1, 0.15) is 28.9 Å². The molecule has 4 aromatic rings. The van der Waals surface area contributed by atoms with Gasteiger partial charge in [0, 0.05) is 36.4 Å². The first-order valence-corrected chi connectivity index (χ1v) is 12.7. The Kier molecular flexibility index (Phi) is 7.04. The van der Waals surface area contributed by atoms with Crippen molar-refractivity contribution < 1.29 is 14.3 Å². The van der Waals surface area contributed by atoms with E-state index in [2.05, 4.69) is 42.4 Å². The fourth-order valence-electron chi connectivity index (χ4n) is 3.53. The van der Waals surface area contributed by atoms with Crippen LogP contribution >= 0.6 is 22.9 Å². The van der Waals surface area contributed by atoms with Gasteiger partial charge in [-0.05, 0) is 24.8 Å². The first-order valence-electron chi connectivity index (χ1n) is 11.5. The number of aromatic nitrogens is 5. The van der Waals surface area contributed by atoms with E-state index < -0.39 is 11.5 Å². The molecule has 1 aliphatic rings. The number of amides is 2. The number of nitrogens with one attached hydrogen (secondary N) is 2. The number of carbonyl (C=O) groups is 2. The number of rotatable bonds is 6. The highest BCUT2D eigenvalue weighted by molar-refractivity contribution is 7.21. The lowest BCUT2D eigenvalue weighted by Gasteiger charge is -2.15. The zero-order valence-electron chi connectivity index (χ0n) is 20.2. The van der Waals surface area contributed by atoms with Gasteiger partial charge in [0.25, 0.3) is 11.5 Å². The van der Waals surface area contributed by atoms with Gasteiger partial charge in [-0.1, -0.05) is 28.9 Å². The number of ether oxygens (including phenoxy) is 1. The maximum Gasteiger partial charge on any atom is 0.258 e. The summed E-state index contributed by atoms with van der Waals surface area (Å²) >= 11 is 7.27. The van der Waals surface area contributed by atoms with Crippen LogP contribution in [0, 0.1) is 17.8 Å². The molecule has 2 amide bonds. The minimum Gasteiger partial charge on any atom is -0.494 e. The first kappa shape index (κ1) is 25.3. The average molecular weight is 550 g/mol. The van der Waals surface area contributed by atoms with Crippen LogP contribution in [0.3, 0.4) is 0 Å². The summed E-state index contributed by atoms with van der Waals surface area (Å²) in [5, 5.41) is 5.60. The van der Waals surface area contributed by atoms with Gasteiger partial charge in [0.2, 0.25) is 5.91 Å². The Morgan fingerprint density at radius 1 is 1.21 bits per heavy atom. The van der Waals surface area contributed by atoms with Gasteiger partial charge >= 0.3 is 0 Å². The lowest BCUT2D eigenvalue weighted by Crippen LogP contribution is -2.31. The first-order chi connectivity index (χ1) is 18.3. The second kappa shape index (κ2) is 10.6. The quantitative estimate of drug-likeness (QED) is 0.276. The Labute approximate surface area is 225 Å². The second-order valence-electron chi connectivity index (χ2n) is 8.35. The van der Waals surface area contributed by atoms with Gasteiger partial charge in [0.05, 0.1) is 25.1 Å². The van der Waals surface area contributed by atoms with Crippen LogP contribution in [0.5, 0.6) is 5.75 Å². The zero-order chi connectivity index (χ0) is 26.8. The van der Waals surface area contributed by atoms with E-state index in [0.29, 0.717) is 39.0 Å². The summed E-state index contributed by atoms with van der Waals surface area (Å²) in [7, 11) is 2.91. The van der Waals surface area contributed by atoms with E-state index >= 15 is 0 Å². The van der Waals surface area contributed by atoms with Crippen LogP contribution in [0.15, 0.2) is 35.5 Å². The largest absolute Gasteiger partial charge is 0.494 e.